The molecule has 0 amide bonds. The molecule has 0 saturated carbocycles. The van der Waals surface area contributed by atoms with E-state index in [1.807, 2.05) is 54.1 Å². The lowest BCUT2D eigenvalue weighted by molar-refractivity contribution is -0.145. The molecule has 12 nitrogen and oxygen atoms in total. The maximum absolute atomic E-state index is 12.8. The van der Waals surface area contributed by atoms with Crippen LogP contribution in [0, 0.1) is 18.8 Å². The zero-order chi connectivity index (χ0) is 38.7. The van der Waals surface area contributed by atoms with Crippen molar-refractivity contribution in [2.75, 3.05) is 60.1 Å². The van der Waals surface area contributed by atoms with Gasteiger partial charge in [0.15, 0.2) is 0 Å². The molecule has 55 heavy (non-hydrogen) atoms. The molecule has 3 aromatic heterocycles. The van der Waals surface area contributed by atoms with Gasteiger partial charge in [0.05, 0.1) is 21.0 Å². The molecule has 0 spiro atoms. The van der Waals surface area contributed by atoms with Gasteiger partial charge in [0.1, 0.15) is 42.5 Å². The second-order valence-electron chi connectivity index (χ2n) is 13.4. The van der Waals surface area contributed by atoms with Crippen LogP contribution in [0.5, 0.6) is 17.4 Å². The van der Waals surface area contributed by atoms with Crippen molar-refractivity contribution in [3.63, 3.8) is 0 Å². The van der Waals surface area contributed by atoms with Gasteiger partial charge in [0.2, 0.25) is 12.0 Å². The number of rotatable bonds is 17. The molecule has 14 heteroatoms. The molecule has 1 N–H and O–H groups in total. The third-order valence-electron chi connectivity index (χ3n) is 9.56. The second kappa shape index (κ2) is 19.2. The summed E-state index contributed by atoms with van der Waals surface area (Å²) in [7, 11) is 3.72. The first-order valence-electron chi connectivity index (χ1n) is 18.5. The molecule has 0 aliphatic carbocycles. The van der Waals surface area contributed by atoms with E-state index in [0.717, 1.165) is 68.9 Å². The lowest BCUT2D eigenvalue weighted by atomic mass is 9.98. The van der Waals surface area contributed by atoms with E-state index in [2.05, 4.69) is 50.7 Å². The second-order valence-corrected chi connectivity index (χ2v) is 14.8. The number of hydrogen-bond acceptors (Lipinski definition) is 11. The molecule has 2 aromatic carbocycles. The number of para-hydroxylation sites is 1. The minimum absolute atomic E-state index is 0.0249. The number of ether oxygens (including phenoxy) is 4. The zero-order valence-corrected chi connectivity index (χ0v) is 33.3. The summed E-state index contributed by atoms with van der Waals surface area (Å²) in [6, 6.07) is 13.1. The average molecular weight is 787 g/mol. The summed E-state index contributed by atoms with van der Waals surface area (Å²) >= 11 is 8.36. The first kappa shape index (κ1) is 40.0. The number of hydrogen-bond donors (Lipinski definition) is 1. The van der Waals surface area contributed by atoms with Crippen molar-refractivity contribution in [3.05, 3.63) is 81.7 Å². The number of unbranched alkanes of at least 4 members (excludes halogenated alkanes) is 1. The Morgan fingerprint density at radius 3 is 2.65 bits per heavy atom. The number of benzene rings is 2. The Morgan fingerprint density at radius 2 is 1.87 bits per heavy atom. The number of methoxy groups -OCH3 is 1. The molecule has 0 radical (unpaired) electrons. The zero-order valence-electron chi connectivity index (χ0n) is 31.7. The third-order valence-corrected chi connectivity index (χ3v) is 11.0. The summed E-state index contributed by atoms with van der Waals surface area (Å²) in [6.07, 6.45) is 3.93. The number of fused-ring (bicyclic) bond motifs is 1. The van der Waals surface area contributed by atoms with E-state index in [1.54, 1.807) is 13.3 Å². The van der Waals surface area contributed by atoms with Gasteiger partial charge in [-0.25, -0.2) is 14.8 Å². The number of aliphatic carboxylic acids is 1. The highest BCUT2D eigenvalue weighted by Crippen LogP contribution is 2.45. The van der Waals surface area contributed by atoms with Crippen LogP contribution >= 0.6 is 22.9 Å². The number of carboxylic acid groups (broad SMARTS) is 1. The van der Waals surface area contributed by atoms with Crippen molar-refractivity contribution < 1.29 is 28.8 Å². The number of aromatic nitrogens is 4. The highest BCUT2D eigenvalue weighted by molar-refractivity contribution is 7.19. The van der Waals surface area contributed by atoms with E-state index in [9.17, 15) is 9.90 Å². The van der Waals surface area contributed by atoms with Crippen LogP contribution in [0.15, 0.2) is 55.0 Å². The van der Waals surface area contributed by atoms with Gasteiger partial charge >= 0.3 is 5.97 Å². The fraction of sp³-hybridized carbons (Fsp3) is 0.415. The number of carboxylic acids is 1. The van der Waals surface area contributed by atoms with Crippen molar-refractivity contribution in [2.24, 2.45) is 0 Å². The van der Waals surface area contributed by atoms with E-state index in [0.29, 0.717) is 56.0 Å². The quantitative estimate of drug-likeness (QED) is 0.103. The van der Waals surface area contributed by atoms with E-state index in [4.69, 9.17) is 30.5 Å². The van der Waals surface area contributed by atoms with Crippen molar-refractivity contribution in [2.45, 2.75) is 52.4 Å². The minimum Gasteiger partial charge on any atom is -0.491 e. The molecule has 0 unspecified atom stereocenters. The number of piperazine rings is 1. The van der Waals surface area contributed by atoms with Crippen LogP contribution in [0.3, 0.4) is 0 Å². The molecule has 1 fully saturated rings. The van der Waals surface area contributed by atoms with E-state index in [-0.39, 0.29) is 18.9 Å². The predicted molar refractivity (Wildman–Crippen MR) is 214 cm³/mol. The van der Waals surface area contributed by atoms with Gasteiger partial charge in [-0.3, -0.25) is 9.58 Å². The van der Waals surface area contributed by atoms with E-state index in [1.165, 1.54) is 17.7 Å². The average Bonchev–Trinajstić information content (AvgIpc) is 3.80. The molecular weight excluding hydrogens is 740 g/mol. The predicted octanol–water partition coefficient (Wildman–Crippen LogP) is 6.59. The molecule has 1 aliphatic rings. The summed E-state index contributed by atoms with van der Waals surface area (Å²) in [4.78, 5) is 27.9. The van der Waals surface area contributed by atoms with Crippen molar-refractivity contribution in [1.29, 1.82) is 0 Å². The molecule has 290 valence electrons. The molecular formula is C41H47ClN6O6S. The third kappa shape index (κ3) is 9.94. The standard InChI is InChI=1S/C41H47ClN6O6S/c1-5-6-17-48-30(15-16-45-48)26-53-32-11-8-7-10-29(32)25-34(41(49)50)54-39-37-36(35(12-9-23-51-4)55-40(37)44-27-43-39)31-13-14-33(38(42)28(31)2)52-24-22-47-20-18-46(3)19-21-47/h7-8,10-11,13-16,27,34H,5-6,17-26H2,1-4H3,(H,49,50)/t34-/m1/s1. The van der Waals surface area contributed by atoms with Gasteiger partial charge in [0, 0.05) is 64.6 Å². The van der Waals surface area contributed by atoms with Crippen molar-refractivity contribution >= 4 is 39.1 Å². The van der Waals surface area contributed by atoms with Gasteiger partial charge in [-0.2, -0.15) is 5.10 Å². The van der Waals surface area contributed by atoms with Gasteiger partial charge in [-0.05, 0) is 55.3 Å². The molecule has 0 bridgehead atoms. The Labute approximate surface area is 330 Å². The van der Waals surface area contributed by atoms with Crippen LogP contribution in [0.25, 0.3) is 21.3 Å². The molecule has 1 aliphatic heterocycles. The monoisotopic (exact) mass is 786 g/mol. The van der Waals surface area contributed by atoms with Gasteiger partial charge in [-0.1, -0.05) is 61.1 Å². The molecule has 5 aromatic rings. The first-order chi connectivity index (χ1) is 26.8. The van der Waals surface area contributed by atoms with Gasteiger partial charge in [0.25, 0.3) is 0 Å². The van der Waals surface area contributed by atoms with Crippen LogP contribution in [-0.4, -0.2) is 107 Å². The maximum Gasteiger partial charge on any atom is 0.345 e. The van der Waals surface area contributed by atoms with Crippen LogP contribution in [0.2, 0.25) is 5.02 Å². The molecule has 6 rings (SSSR count). The SMILES string of the molecule is CCCCn1nccc1COc1ccccc1C[C@@H](Oc1ncnc2sc(C#CCOC)c(-c3ccc(OCCN4CCN(C)CC4)c(Cl)c3C)c12)C(=O)O. The molecule has 1 atom stereocenters. The lowest BCUT2D eigenvalue weighted by Gasteiger charge is -2.32. The highest BCUT2D eigenvalue weighted by atomic mass is 35.5. The number of nitrogens with zero attached hydrogens (tertiary/aromatic N) is 6. The Morgan fingerprint density at radius 1 is 1.05 bits per heavy atom. The Kier molecular flexibility index (Phi) is 14.0. The number of carbonyl (C=O) groups is 1. The van der Waals surface area contributed by atoms with Crippen LogP contribution in [0.4, 0.5) is 0 Å². The fourth-order valence-corrected chi connectivity index (χ4v) is 7.64. The highest BCUT2D eigenvalue weighted by Gasteiger charge is 2.28. The Bertz CT molecular complexity index is 2140. The normalized spacial score (nSPS) is 14.1. The van der Waals surface area contributed by atoms with E-state index >= 15 is 0 Å². The first-order valence-corrected chi connectivity index (χ1v) is 19.7. The summed E-state index contributed by atoms with van der Waals surface area (Å²) in [5.74, 6) is 6.42. The lowest BCUT2D eigenvalue weighted by Crippen LogP contribution is -2.45. The number of halogens is 1. The van der Waals surface area contributed by atoms with Crippen LogP contribution in [0.1, 0.15) is 41.5 Å². The van der Waals surface area contributed by atoms with Crippen LogP contribution in [-0.2, 0) is 29.1 Å². The maximum atomic E-state index is 12.8. The topological polar surface area (TPSA) is 124 Å². The Hall–Kier alpha value is -4.71. The van der Waals surface area contributed by atoms with Gasteiger partial charge < -0.3 is 29.0 Å². The fourth-order valence-electron chi connectivity index (χ4n) is 6.40. The smallest absolute Gasteiger partial charge is 0.345 e. The van der Waals surface area contributed by atoms with Crippen molar-refractivity contribution in [1.82, 2.24) is 29.5 Å². The summed E-state index contributed by atoms with van der Waals surface area (Å²) < 4.78 is 25.9. The summed E-state index contributed by atoms with van der Waals surface area (Å²) in [6.45, 7) is 10.8. The summed E-state index contributed by atoms with van der Waals surface area (Å²) in [5.41, 5.74) is 3.89. The Balaban J connectivity index is 1.28. The number of likely N-dealkylation sites (N-methyl/N-ethyl adjacent to an activating group) is 1. The molecule has 1 saturated heterocycles. The van der Waals surface area contributed by atoms with Gasteiger partial charge in [-0.15, -0.1) is 11.3 Å². The van der Waals surface area contributed by atoms with E-state index < -0.39 is 12.1 Å². The minimum atomic E-state index is -1.30. The number of thiophene rings is 1. The van der Waals surface area contributed by atoms with Crippen LogP contribution < -0.4 is 14.2 Å². The summed E-state index contributed by atoms with van der Waals surface area (Å²) in [5, 5.41) is 15.9. The number of aryl methyl sites for hydroxylation is 1. The van der Waals surface area contributed by atoms with Crippen molar-refractivity contribution in [3.8, 4) is 40.3 Å². The molecule has 4 heterocycles. The largest absolute Gasteiger partial charge is 0.491 e.